The van der Waals surface area contributed by atoms with E-state index in [1.54, 1.807) is 18.2 Å². The number of fused-ring (bicyclic) bond motifs is 2. The molecule has 1 aromatic carbocycles. The largest absolute Gasteiger partial charge is 0.488 e. The maximum atomic E-state index is 14.7. The van der Waals surface area contributed by atoms with Crippen LogP contribution in [0.5, 0.6) is 11.5 Å². The number of aliphatic carboxylic acids is 1. The number of benzene rings is 1. The van der Waals surface area contributed by atoms with Crippen molar-refractivity contribution in [3.63, 3.8) is 0 Å². The van der Waals surface area contributed by atoms with Gasteiger partial charge in [0.05, 0.1) is 17.8 Å². The molecule has 310 valence electrons. The summed E-state index contributed by atoms with van der Waals surface area (Å²) in [5.74, 6) is -0.706. The van der Waals surface area contributed by atoms with Crippen molar-refractivity contribution in [2.24, 2.45) is 23.2 Å². The summed E-state index contributed by atoms with van der Waals surface area (Å²) < 4.78 is 18.1. The minimum absolute atomic E-state index is 0.0223. The molecule has 0 bridgehead atoms. The average Bonchev–Trinajstić information content (AvgIpc) is 3.83. The molecule has 3 heterocycles. The van der Waals surface area contributed by atoms with Gasteiger partial charge in [-0.2, -0.15) is 0 Å². The number of carbonyl (C=O) groups is 4. The van der Waals surface area contributed by atoms with E-state index in [0.717, 1.165) is 12.8 Å². The number of carboxylic acids is 1. The normalized spacial score (nSPS) is 26.4. The highest BCUT2D eigenvalue weighted by Crippen LogP contribution is 2.52. The first-order chi connectivity index (χ1) is 27.5. The van der Waals surface area contributed by atoms with E-state index >= 15 is 0 Å². The minimum atomic E-state index is -1.43. The Balaban J connectivity index is 1.21. The van der Waals surface area contributed by atoms with Crippen LogP contribution in [0.1, 0.15) is 80.1 Å². The fraction of sp³-hybridized carbons (Fsp3) is 0.585. The highest BCUT2D eigenvalue weighted by atomic mass is 35.5. The van der Waals surface area contributed by atoms with Gasteiger partial charge in [-0.1, -0.05) is 45.7 Å². The predicted molar refractivity (Wildman–Crippen MR) is 218 cm³/mol. The van der Waals surface area contributed by atoms with Gasteiger partial charge >= 0.3 is 18.8 Å². The Hall–Kier alpha value is -4.88. The molecule has 3 saturated carbocycles. The molecular formula is C41H50ClN7O8S. The number of likely N-dealkylation sites (tertiary alicyclic amines) is 1. The number of aromatic nitrogens is 2. The molecule has 1 unspecified atom stereocenters. The highest BCUT2D eigenvalue weighted by molar-refractivity contribution is 7.14. The van der Waals surface area contributed by atoms with Crippen LogP contribution in [0, 0.1) is 29.7 Å². The molecule has 4 N–H and O–H groups in total. The second kappa shape index (κ2) is 16.1. The summed E-state index contributed by atoms with van der Waals surface area (Å²) in [4.78, 5) is 68.9. The number of carbonyl (C=O) groups excluding carboxylic acids is 3. The number of nitrogens with one attached hydrogen (secondary N) is 3. The monoisotopic (exact) mass is 835 g/mol. The van der Waals surface area contributed by atoms with E-state index in [9.17, 15) is 24.3 Å². The fourth-order valence-corrected chi connectivity index (χ4v) is 9.49. The van der Waals surface area contributed by atoms with Crippen LogP contribution < -0.4 is 25.4 Å². The van der Waals surface area contributed by atoms with Crippen molar-refractivity contribution in [1.29, 1.82) is 0 Å². The molecule has 1 aliphatic heterocycles. The standard InChI is InChI=1S/C41H50ClN7O8S/c1-8-23-16-41(23,37(52)53)48-35(50)29-14-25(17-49(29)36(51)34(40(4,5)6)47-39(54)57-24-12-21-11-22(21)13-24)56-31-15-27(28-18-58-38(46-28)44-20(2)3)45-33-26(31)9-10-30(32(33)42)55-19-43-7/h9-10,15,18,20-25,29,34H,8,11-14,16-17,19H2,1-6H3,(H,44,46)(H,47,54)(H,48,50)(H,52,53)/t21-,22+,23-,24?,25+,29+,34+,41+/m1/s1. The van der Waals surface area contributed by atoms with Gasteiger partial charge in [0.25, 0.3) is 0 Å². The van der Waals surface area contributed by atoms with Crippen molar-refractivity contribution in [2.45, 2.75) is 116 Å². The molecule has 8 atom stereocenters. The molecule has 7 rings (SSSR count). The molecular weight excluding hydrogens is 786 g/mol. The Labute approximate surface area is 346 Å². The lowest BCUT2D eigenvalue weighted by Crippen LogP contribution is -2.59. The quantitative estimate of drug-likeness (QED) is 0.126. The van der Waals surface area contributed by atoms with Gasteiger partial charge in [-0.05, 0) is 74.8 Å². The van der Waals surface area contributed by atoms with Crippen molar-refractivity contribution in [1.82, 2.24) is 25.5 Å². The number of hydrogen-bond acceptors (Lipinski definition) is 11. The van der Waals surface area contributed by atoms with Gasteiger partial charge in [0.1, 0.15) is 52.0 Å². The summed E-state index contributed by atoms with van der Waals surface area (Å²) in [6.07, 6.45) is 2.00. The van der Waals surface area contributed by atoms with Crippen molar-refractivity contribution in [3.8, 4) is 22.9 Å². The average molecular weight is 836 g/mol. The lowest BCUT2D eigenvalue weighted by Gasteiger charge is -2.35. The first-order valence-corrected chi connectivity index (χ1v) is 21.1. The Morgan fingerprint density at radius 2 is 1.83 bits per heavy atom. The third kappa shape index (κ3) is 8.47. The zero-order valence-corrected chi connectivity index (χ0v) is 35.0. The maximum absolute atomic E-state index is 14.7. The number of amides is 3. The molecule has 3 amide bonds. The molecule has 3 aliphatic carbocycles. The summed E-state index contributed by atoms with van der Waals surface area (Å²) in [5, 5.41) is 22.3. The van der Waals surface area contributed by atoms with Gasteiger partial charge in [0.15, 0.2) is 5.13 Å². The third-order valence-electron chi connectivity index (χ3n) is 11.6. The number of alkyl carbamates (subject to hydrolysis) is 1. The summed E-state index contributed by atoms with van der Waals surface area (Å²) in [7, 11) is 0. The Morgan fingerprint density at radius 3 is 2.47 bits per heavy atom. The summed E-state index contributed by atoms with van der Waals surface area (Å²) >= 11 is 8.26. The fourth-order valence-electron chi connectivity index (χ4n) is 8.38. The number of nitrogens with zero attached hydrogens (tertiary/aromatic N) is 4. The third-order valence-corrected chi connectivity index (χ3v) is 12.8. The summed E-state index contributed by atoms with van der Waals surface area (Å²) in [5.41, 5.74) is -0.891. The summed E-state index contributed by atoms with van der Waals surface area (Å²) in [6, 6.07) is 3.01. The van der Waals surface area contributed by atoms with Crippen molar-refractivity contribution in [2.75, 3.05) is 18.6 Å². The number of hydrogen-bond donors (Lipinski definition) is 4. The Bertz CT molecular complexity index is 2140. The van der Waals surface area contributed by atoms with Crippen LogP contribution >= 0.6 is 22.9 Å². The molecule has 0 radical (unpaired) electrons. The molecule has 1 saturated heterocycles. The Kier molecular flexibility index (Phi) is 11.4. The second-order valence-corrected chi connectivity index (χ2v) is 18.5. The minimum Gasteiger partial charge on any atom is -0.488 e. The van der Waals surface area contributed by atoms with Crippen LogP contribution in [0.25, 0.3) is 27.1 Å². The lowest BCUT2D eigenvalue weighted by atomic mass is 9.85. The van der Waals surface area contributed by atoms with Gasteiger partial charge in [0, 0.05) is 29.3 Å². The first-order valence-electron chi connectivity index (χ1n) is 19.8. The molecule has 4 aliphatic rings. The van der Waals surface area contributed by atoms with Crippen LogP contribution in [0.4, 0.5) is 9.93 Å². The molecule has 2 aromatic heterocycles. The van der Waals surface area contributed by atoms with Crippen LogP contribution in [0.3, 0.4) is 0 Å². The van der Waals surface area contributed by atoms with Gasteiger partial charge < -0.3 is 40.2 Å². The second-order valence-electron chi connectivity index (χ2n) is 17.3. The molecule has 15 nitrogen and oxygen atoms in total. The topological polar surface area (TPSA) is 186 Å². The van der Waals surface area contributed by atoms with Crippen molar-refractivity contribution < 1.29 is 38.5 Å². The number of carboxylic acid groups (broad SMARTS) is 1. The van der Waals surface area contributed by atoms with Crippen LogP contribution in [0.2, 0.25) is 5.02 Å². The highest BCUT2D eigenvalue weighted by Gasteiger charge is 2.61. The van der Waals surface area contributed by atoms with Crippen molar-refractivity contribution >= 4 is 62.8 Å². The predicted octanol–water partition coefficient (Wildman–Crippen LogP) is 6.74. The summed E-state index contributed by atoms with van der Waals surface area (Å²) in [6.45, 7) is 18.2. The van der Waals surface area contributed by atoms with E-state index in [1.807, 2.05) is 46.9 Å². The van der Waals surface area contributed by atoms with Gasteiger partial charge in [-0.25, -0.2) is 26.1 Å². The SMILES string of the molecule is [C-]#[N+]COc1ccc2c(O[C@H]3C[C@@H](C(=O)N[C@@]4(C(=O)O)C[C@H]4CC)N(C(=O)[C@H](NC(=O)OC4C[C@@H]5C[C@@H]5C4)C(C)(C)C)C3)cc(-c3csc(NC(C)C)n3)nc2c1Cl. The van der Waals surface area contributed by atoms with Crippen LogP contribution in [-0.4, -0.2) is 93.0 Å². The maximum Gasteiger partial charge on any atom is 0.408 e. The van der Waals surface area contributed by atoms with Gasteiger partial charge in [-0.3, -0.25) is 14.4 Å². The van der Waals surface area contributed by atoms with E-state index in [1.165, 1.54) is 22.7 Å². The molecule has 3 aromatic rings. The van der Waals surface area contributed by atoms with E-state index in [2.05, 4.69) is 20.8 Å². The van der Waals surface area contributed by atoms with Crippen molar-refractivity contribution in [3.05, 3.63) is 40.0 Å². The van der Waals surface area contributed by atoms with E-state index < -0.39 is 53.0 Å². The molecule has 58 heavy (non-hydrogen) atoms. The van der Waals surface area contributed by atoms with Gasteiger partial charge in [0.2, 0.25) is 11.8 Å². The van der Waals surface area contributed by atoms with E-state index in [-0.39, 0.29) is 55.0 Å². The molecule has 4 fully saturated rings. The number of thiazole rings is 1. The number of halogens is 1. The number of ether oxygens (including phenoxy) is 3. The zero-order chi connectivity index (χ0) is 41.7. The Morgan fingerprint density at radius 1 is 1.09 bits per heavy atom. The zero-order valence-electron chi connectivity index (χ0n) is 33.5. The van der Waals surface area contributed by atoms with Gasteiger partial charge in [-0.15, -0.1) is 11.3 Å². The number of rotatable bonds is 14. The van der Waals surface area contributed by atoms with Crippen LogP contribution in [0.15, 0.2) is 23.6 Å². The molecule has 0 spiro atoms. The smallest absolute Gasteiger partial charge is 0.408 e. The lowest BCUT2D eigenvalue weighted by molar-refractivity contribution is -0.146. The van der Waals surface area contributed by atoms with E-state index in [0.29, 0.717) is 51.4 Å². The first kappa shape index (κ1) is 41.3. The number of pyridine rings is 1. The van der Waals surface area contributed by atoms with E-state index in [4.69, 9.17) is 42.4 Å². The molecule has 17 heteroatoms. The number of anilines is 1. The van der Waals surface area contributed by atoms with Crippen LogP contribution in [-0.2, 0) is 19.1 Å².